The summed E-state index contributed by atoms with van der Waals surface area (Å²) in [5.74, 6) is 0.771. The fourth-order valence-electron chi connectivity index (χ4n) is 2.62. The molecule has 0 bridgehead atoms. The largest absolute Gasteiger partial charge is 0.384 e. The smallest absolute Gasteiger partial charge is 0.181 e. The van der Waals surface area contributed by atoms with Crippen LogP contribution in [0, 0.1) is 0 Å². The maximum atomic E-state index is 4.78. The van der Waals surface area contributed by atoms with Gasteiger partial charge in [-0.15, -0.1) is 0 Å². The molecule has 2 N–H and O–H groups in total. The minimum atomic E-state index is 0.771. The Morgan fingerprint density at radius 2 is 1.85 bits per heavy atom. The molecule has 1 aromatic heterocycles. The van der Waals surface area contributed by atoms with Crippen molar-refractivity contribution in [3.05, 3.63) is 54.1 Å². The number of aromatic amines is 1. The second-order valence-corrected chi connectivity index (χ2v) is 4.87. The second-order valence-electron chi connectivity index (χ2n) is 4.87. The van der Waals surface area contributed by atoms with E-state index >= 15 is 0 Å². The van der Waals surface area contributed by atoms with Crippen LogP contribution in [0.1, 0.15) is 12.0 Å². The van der Waals surface area contributed by atoms with Crippen LogP contribution in [0.4, 0.5) is 11.5 Å². The van der Waals surface area contributed by atoms with E-state index in [0.29, 0.717) is 0 Å². The highest BCUT2D eigenvalue weighted by atomic mass is 15.2. The molecule has 4 rings (SSSR count). The molecule has 2 aromatic carbocycles. The number of benzene rings is 2. The quantitative estimate of drug-likeness (QED) is 0.705. The van der Waals surface area contributed by atoms with Crippen LogP contribution in [-0.2, 0) is 0 Å². The van der Waals surface area contributed by atoms with E-state index in [1.165, 1.54) is 5.56 Å². The first-order valence-electron chi connectivity index (χ1n) is 6.76. The first-order chi connectivity index (χ1) is 9.92. The number of anilines is 1. The highest BCUT2D eigenvalue weighted by molar-refractivity contribution is 6.08. The van der Waals surface area contributed by atoms with Crippen LogP contribution in [0.15, 0.2) is 53.5 Å². The van der Waals surface area contributed by atoms with Crippen LogP contribution in [0.25, 0.3) is 10.9 Å². The number of aromatic nitrogens is 2. The van der Waals surface area contributed by atoms with Gasteiger partial charge in [-0.2, -0.15) is 5.10 Å². The van der Waals surface area contributed by atoms with Gasteiger partial charge in [-0.25, -0.2) is 4.99 Å². The number of para-hydroxylation sites is 2. The number of rotatable bonds is 1. The minimum Gasteiger partial charge on any atom is -0.384 e. The molecule has 0 aliphatic carbocycles. The molecule has 1 aliphatic heterocycles. The van der Waals surface area contributed by atoms with Gasteiger partial charge in [0.25, 0.3) is 0 Å². The van der Waals surface area contributed by atoms with Crippen LogP contribution in [-0.4, -0.2) is 22.5 Å². The Labute approximate surface area is 116 Å². The van der Waals surface area contributed by atoms with Gasteiger partial charge < -0.3 is 5.32 Å². The monoisotopic (exact) mass is 262 g/mol. The predicted octanol–water partition coefficient (Wildman–Crippen LogP) is 3.50. The lowest BCUT2D eigenvalue weighted by Crippen LogP contribution is -2.18. The Hall–Kier alpha value is -2.62. The molecule has 0 fully saturated rings. The van der Waals surface area contributed by atoms with Gasteiger partial charge in [-0.05, 0) is 18.2 Å². The molecule has 0 saturated heterocycles. The Morgan fingerprint density at radius 3 is 2.85 bits per heavy atom. The topological polar surface area (TPSA) is 53.1 Å². The SMILES string of the molecule is c1ccc2c(c1)NCCC2=Nc1n[nH]c2ccccc12. The fraction of sp³-hybridized carbons (Fsp3) is 0.125. The number of fused-ring (bicyclic) bond motifs is 2. The summed E-state index contributed by atoms with van der Waals surface area (Å²) in [4.78, 5) is 4.78. The third-order valence-corrected chi connectivity index (χ3v) is 3.61. The van der Waals surface area contributed by atoms with Crippen molar-refractivity contribution in [3.63, 3.8) is 0 Å². The molecule has 0 saturated carbocycles. The number of hydrogen-bond donors (Lipinski definition) is 2. The van der Waals surface area contributed by atoms with Crippen molar-refractivity contribution in [3.8, 4) is 0 Å². The molecule has 4 heteroatoms. The first-order valence-corrected chi connectivity index (χ1v) is 6.76. The molecular formula is C16H14N4. The van der Waals surface area contributed by atoms with Gasteiger partial charge in [0.1, 0.15) is 0 Å². The summed E-state index contributed by atoms with van der Waals surface area (Å²) in [6.45, 7) is 0.915. The minimum absolute atomic E-state index is 0.771. The van der Waals surface area contributed by atoms with Gasteiger partial charge in [0.15, 0.2) is 5.82 Å². The first kappa shape index (κ1) is 11.2. The van der Waals surface area contributed by atoms with E-state index in [0.717, 1.165) is 41.1 Å². The third kappa shape index (κ3) is 1.77. The van der Waals surface area contributed by atoms with Crippen LogP contribution < -0.4 is 5.32 Å². The standard InChI is InChI=1S/C16H14N4/c1-3-7-13-11(5-1)14(9-10-17-13)18-16-12-6-2-4-8-15(12)19-20-16/h1-8,17H,9-10H2,(H,19,20). The Morgan fingerprint density at radius 1 is 1.00 bits per heavy atom. The summed E-state index contributed by atoms with van der Waals surface area (Å²) >= 11 is 0. The van der Waals surface area contributed by atoms with Crippen molar-refractivity contribution in [2.24, 2.45) is 4.99 Å². The zero-order valence-electron chi connectivity index (χ0n) is 10.9. The van der Waals surface area contributed by atoms with Gasteiger partial charge in [0.2, 0.25) is 0 Å². The van der Waals surface area contributed by atoms with Crippen molar-refractivity contribution in [1.29, 1.82) is 0 Å². The summed E-state index contributed by atoms with van der Waals surface area (Å²) in [5.41, 5.74) is 4.44. The van der Waals surface area contributed by atoms with Gasteiger partial charge in [-0.1, -0.05) is 30.3 Å². The van der Waals surface area contributed by atoms with E-state index < -0.39 is 0 Å². The summed E-state index contributed by atoms with van der Waals surface area (Å²) in [7, 11) is 0. The predicted molar refractivity (Wildman–Crippen MR) is 81.8 cm³/mol. The number of nitrogens with one attached hydrogen (secondary N) is 2. The van der Waals surface area contributed by atoms with Crippen LogP contribution >= 0.6 is 0 Å². The summed E-state index contributed by atoms with van der Waals surface area (Å²) in [5, 5.41) is 11.8. The normalized spacial score (nSPS) is 16.1. The number of nitrogens with zero attached hydrogens (tertiary/aromatic N) is 2. The third-order valence-electron chi connectivity index (χ3n) is 3.61. The molecule has 0 radical (unpaired) electrons. The van der Waals surface area contributed by atoms with Crippen LogP contribution in [0.3, 0.4) is 0 Å². The van der Waals surface area contributed by atoms with Crippen LogP contribution in [0.5, 0.6) is 0 Å². The number of hydrogen-bond acceptors (Lipinski definition) is 3. The molecule has 0 spiro atoms. The molecule has 1 aliphatic rings. The maximum absolute atomic E-state index is 4.78. The molecule has 0 unspecified atom stereocenters. The highest BCUT2D eigenvalue weighted by Crippen LogP contribution is 2.27. The second kappa shape index (κ2) is 4.49. The van der Waals surface area contributed by atoms with Crippen molar-refractivity contribution < 1.29 is 0 Å². The van der Waals surface area contributed by atoms with E-state index in [4.69, 9.17) is 4.99 Å². The lowest BCUT2D eigenvalue weighted by Gasteiger charge is -2.19. The molecule has 0 atom stereocenters. The van der Waals surface area contributed by atoms with Crippen molar-refractivity contribution in [2.75, 3.05) is 11.9 Å². The number of aliphatic imine (C=N–C) groups is 1. The zero-order chi connectivity index (χ0) is 13.4. The van der Waals surface area contributed by atoms with Crippen molar-refractivity contribution in [1.82, 2.24) is 10.2 Å². The number of H-pyrrole nitrogens is 1. The lowest BCUT2D eigenvalue weighted by molar-refractivity contribution is 1.06. The van der Waals surface area contributed by atoms with Crippen LogP contribution in [0.2, 0.25) is 0 Å². The highest BCUT2D eigenvalue weighted by Gasteiger charge is 2.15. The summed E-state index contributed by atoms with van der Waals surface area (Å²) < 4.78 is 0. The van der Waals surface area contributed by atoms with Crippen molar-refractivity contribution in [2.45, 2.75) is 6.42 Å². The van der Waals surface area contributed by atoms with E-state index in [2.05, 4.69) is 27.6 Å². The average Bonchev–Trinajstić information content (AvgIpc) is 2.91. The Balaban J connectivity index is 1.85. The molecule has 0 amide bonds. The molecule has 2 heterocycles. The average molecular weight is 262 g/mol. The Bertz CT molecular complexity index is 801. The van der Waals surface area contributed by atoms with Gasteiger partial charge >= 0.3 is 0 Å². The van der Waals surface area contributed by atoms with E-state index in [1.54, 1.807) is 0 Å². The fourth-order valence-corrected chi connectivity index (χ4v) is 2.62. The zero-order valence-corrected chi connectivity index (χ0v) is 10.9. The Kier molecular flexibility index (Phi) is 2.52. The van der Waals surface area contributed by atoms with Crippen molar-refractivity contribution >= 4 is 28.1 Å². The summed E-state index contributed by atoms with van der Waals surface area (Å²) in [6.07, 6.45) is 0.915. The summed E-state index contributed by atoms with van der Waals surface area (Å²) in [6, 6.07) is 16.4. The van der Waals surface area contributed by atoms with E-state index in [-0.39, 0.29) is 0 Å². The molecular weight excluding hydrogens is 248 g/mol. The van der Waals surface area contributed by atoms with E-state index in [1.807, 2.05) is 36.4 Å². The molecule has 20 heavy (non-hydrogen) atoms. The van der Waals surface area contributed by atoms with Gasteiger partial charge in [-0.3, -0.25) is 5.10 Å². The molecule has 4 nitrogen and oxygen atoms in total. The molecule has 98 valence electrons. The lowest BCUT2D eigenvalue weighted by atomic mass is 10.0. The molecule has 3 aromatic rings. The van der Waals surface area contributed by atoms with E-state index in [9.17, 15) is 0 Å². The maximum Gasteiger partial charge on any atom is 0.181 e. The van der Waals surface area contributed by atoms with Gasteiger partial charge in [0, 0.05) is 29.6 Å². The van der Waals surface area contributed by atoms with Gasteiger partial charge in [0.05, 0.1) is 11.2 Å².